The van der Waals surface area contributed by atoms with Crippen molar-refractivity contribution in [3.63, 3.8) is 0 Å². The molecule has 1 N–H and O–H groups in total. The lowest BCUT2D eigenvalue weighted by molar-refractivity contribution is 0.360. The molecule has 78 valence electrons. The Morgan fingerprint density at radius 3 is 2.93 bits per heavy atom. The maximum atomic E-state index is 5.72. The molecule has 1 aliphatic heterocycles. The largest absolute Gasteiger partial charge is 0.466 e. The second kappa shape index (κ2) is 4.18. The standard InChI is InChI=1S/C12H19NO/c1-3-11(10-6-7-13-8-10)12-5-4-9(2)14-12/h4-5,10-11,13H,3,6-8H2,1-2H3. The molecule has 2 atom stereocenters. The van der Waals surface area contributed by atoms with Gasteiger partial charge in [-0.25, -0.2) is 0 Å². The van der Waals surface area contributed by atoms with Gasteiger partial charge in [0.1, 0.15) is 11.5 Å². The van der Waals surface area contributed by atoms with Gasteiger partial charge in [-0.05, 0) is 50.9 Å². The summed E-state index contributed by atoms with van der Waals surface area (Å²) in [6, 6.07) is 4.21. The summed E-state index contributed by atoms with van der Waals surface area (Å²) in [6.07, 6.45) is 2.47. The molecule has 0 aliphatic carbocycles. The van der Waals surface area contributed by atoms with Gasteiger partial charge in [0.2, 0.25) is 0 Å². The van der Waals surface area contributed by atoms with Crippen LogP contribution in [0.1, 0.15) is 37.2 Å². The fourth-order valence-electron chi connectivity index (χ4n) is 2.44. The summed E-state index contributed by atoms with van der Waals surface area (Å²) in [5.41, 5.74) is 0. The zero-order valence-electron chi connectivity index (χ0n) is 9.05. The molecule has 0 amide bonds. The molecule has 1 aromatic heterocycles. The number of rotatable bonds is 3. The molecule has 1 fully saturated rings. The highest BCUT2D eigenvalue weighted by Gasteiger charge is 2.26. The number of aryl methyl sites for hydroxylation is 1. The van der Waals surface area contributed by atoms with E-state index in [0.717, 1.165) is 18.2 Å². The summed E-state index contributed by atoms with van der Waals surface area (Å²) in [4.78, 5) is 0. The lowest BCUT2D eigenvalue weighted by Gasteiger charge is -2.18. The molecular weight excluding hydrogens is 174 g/mol. The van der Waals surface area contributed by atoms with Gasteiger partial charge in [-0.15, -0.1) is 0 Å². The Balaban J connectivity index is 2.12. The second-order valence-electron chi connectivity index (χ2n) is 4.22. The van der Waals surface area contributed by atoms with Crippen molar-refractivity contribution >= 4 is 0 Å². The van der Waals surface area contributed by atoms with Gasteiger partial charge in [-0.3, -0.25) is 0 Å². The fraction of sp³-hybridized carbons (Fsp3) is 0.667. The first kappa shape index (κ1) is 9.78. The number of furan rings is 1. The summed E-state index contributed by atoms with van der Waals surface area (Å²) in [5, 5.41) is 3.42. The molecule has 2 unspecified atom stereocenters. The van der Waals surface area contributed by atoms with Crippen molar-refractivity contribution in [1.82, 2.24) is 5.32 Å². The van der Waals surface area contributed by atoms with Crippen molar-refractivity contribution in [2.24, 2.45) is 5.92 Å². The summed E-state index contributed by atoms with van der Waals surface area (Å²) >= 11 is 0. The van der Waals surface area contributed by atoms with E-state index in [1.807, 2.05) is 6.92 Å². The molecule has 2 heteroatoms. The lowest BCUT2D eigenvalue weighted by Crippen LogP contribution is -2.15. The third-order valence-electron chi connectivity index (χ3n) is 3.23. The first-order valence-electron chi connectivity index (χ1n) is 5.58. The van der Waals surface area contributed by atoms with Gasteiger partial charge in [0, 0.05) is 5.92 Å². The van der Waals surface area contributed by atoms with Gasteiger partial charge < -0.3 is 9.73 Å². The maximum absolute atomic E-state index is 5.72. The number of hydrogen-bond acceptors (Lipinski definition) is 2. The molecule has 1 aromatic rings. The van der Waals surface area contributed by atoms with Crippen LogP contribution in [0.15, 0.2) is 16.5 Å². The highest BCUT2D eigenvalue weighted by Crippen LogP contribution is 2.32. The van der Waals surface area contributed by atoms with E-state index < -0.39 is 0 Å². The minimum atomic E-state index is 0.610. The first-order chi connectivity index (χ1) is 6.81. The van der Waals surface area contributed by atoms with Crippen molar-refractivity contribution in [2.75, 3.05) is 13.1 Å². The Labute approximate surface area is 85.7 Å². The highest BCUT2D eigenvalue weighted by molar-refractivity contribution is 5.12. The predicted octanol–water partition coefficient (Wildman–Crippen LogP) is 2.69. The minimum Gasteiger partial charge on any atom is -0.466 e. The quantitative estimate of drug-likeness (QED) is 0.798. The zero-order valence-corrected chi connectivity index (χ0v) is 9.05. The van der Waals surface area contributed by atoms with E-state index in [0.29, 0.717) is 5.92 Å². The zero-order chi connectivity index (χ0) is 9.97. The molecule has 0 aromatic carbocycles. The molecule has 2 heterocycles. The van der Waals surface area contributed by atoms with Crippen LogP contribution in [0.4, 0.5) is 0 Å². The predicted molar refractivity (Wildman–Crippen MR) is 57.5 cm³/mol. The average Bonchev–Trinajstić information content (AvgIpc) is 2.79. The Bertz CT molecular complexity index is 286. The topological polar surface area (TPSA) is 25.2 Å². The maximum Gasteiger partial charge on any atom is 0.107 e. The molecular formula is C12H19NO. The summed E-state index contributed by atoms with van der Waals surface area (Å²) in [7, 11) is 0. The average molecular weight is 193 g/mol. The van der Waals surface area contributed by atoms with E-state index in [-0.39, 0.29) is 0 Å². The third-order valence-corrected chi connectivity index (χ3v) is 3.23. The first-order valence-corrected chi connectivity index (χ1v) is 5.58. The van der Waals surface area contributed by atoms with Gasteiger partial charge in [0.25, 0.3) is 0 Å². The van der Waals surface area contributed by atoms with E-state index >= 15 is 0 Å². The Kier molecular flexibility index (Phi) is 2.92. The summed E-state index contributed by atoms with van der Waals surface area (Å²) < 4.78 is 5.72. The molecule has 0 bridgehead atoms. The van der Waals surface area contributed by atoms with E-state index in [4.69, 9.17) is 4.42 Å². The van der Waals surface area contributed by atoms with Crippen LogP contribution in [0, 0.1) is 12.8 Å². The van der Waals surface area contributed by atoms with Crippen LogP contribution < -0.4 is 5.32 Å². The molecule has 0 saturated carbocycles. The van der Waals surface area contributed by atoms with Crippen molar-refractivity contribution in [2.45, 2.75) is 32.6 Å². The summed E-state index contributed by atoms with van der Waals surface area (Å²) in [6.45, 7) is 6.59. The van der Waals surface area contributed by atoms with Gasteiger partial charge in [-0.2, -0.15) is 0 Å². The van der Waals surface area contributed by atoms with Crippen molar-refractivity contribution in [3.8, 4) is 0 Å². The smallest absolute Gasteiger partial charge is 0.107 e. The molecule has 0 spiro atoms. The Hall–Kier alpha value is -0.760. The van der Waals surface area contributed by atoms with E-state index in [9.17, 15) is 0 Å². The fourth-order valence-corrected chi connectivity index (χ4v) is 2.44. The van der Waals surface area contributed by atoms with Gasteiger partial charge in [0.15, 0.2) is 0 Å². The minimum absolute atomic E-state index is 0.610. The van der Waals surface area contributed by atoms with Crippen molar-refractivity contribution < 1.29 is 4.42 Å². The highest BCUT2D eigenvalue weighted by atomic mass is 16.3. The summed E-state index contributed by atoms with van der Waals surface area (Å²) in [5.74, 6) is 3.59. The normalized spacial score (nSPS) is 24.0. The SMILES string of the molecule is CCC(c1ccc(C)o1)C1CCNC1. The van der Waals surface area contributed by atoms with Crippen molar-refractivity contribution in [1.29, 1.82) is 0 Å². The Morgan fingerprint density at radius 2 is 2.43 bits per heavy atom. The number of hydrogen-bond donors (Lipinski definition) is 1. The van der Waals surface area contributed by atoms with Crippen LogP contribution in [0.25, 0.3) is 0 Å². The third kappa shape index (κ3) is 1.85. The lowest BCUT2D eigenvalue weighted by atomic mass is 9.87. The van der Waals surface area contributed by atoms with Crippen LogP contribution in [-0.2, 0) is 0 Å². The van der Waals surface area contributed by atoms with Crippen molar-refractivity contribution in [3.05, 3.63) is 23.7 Å². The molecule has 1 saturated heterocycles. The van der Waals surface area contributed by atoms with E-state index in [1.165, 1.54) is 25.1 Å². The molecule has 1 aliphatic rings. The molecule has 2 nitrogen and oxygen atoms in total. The van der Waals surface area contributed by atoms with Gasteiger partial charge >= 0.3 is 0 Å². The van der Waals surface area contributed by atoms with Crippen LogP contribution in [0.2, 0.25) is 0 Å². The van der Waals surface area contributed by atoms with Crippen LogP contribution in [0.5, 0.6) is 0 Å². The van der Waals surface area contributed by atoms with Crippen LogP contribution >= 0.6 is 0 Å². The monoisotopic (exact) mass is 193 g/mol. The molecule has 14 heavy (non-hydrogen) atoms. The van der Waals surface area contributed by atoms with E-state index in [2.05, 4.69) is 24.4 Å². The van der Waals surface area contributed by atoms with Crippen LogP contribution in [0.3, 0.4) is 0 Å². The van der Waals surface area contributed by atoms with Gasteiger partial charge in [-0.1, -0.05) is 6.92 Å². The number of nitrogens with one attached hydrogen (secondary N) is 1. The van der Waals surface area contributed by atoms with Gasteiger partial charge in [0.05, 0.1) is 0 Å². The Morgan fingerprint density at radius 1 is 1.57 bits per heavy atom. The molecule has 2 rings (SSSR count). The molecule has 0 radical (unpaired) electrons. The van der Waals surface area contributed by atoms with Crippen LogP contribution in [-0.4, -0.2) is 13.1 Å². The second-order valence-corrected chi connectivity index (χ2v) is 4.22. The van der Waals surface area contributed by atoms with E-state index in [1.54, 1.807) is 0 Å².